The first kappa shape index (κ1) is 14.2. The number of sulfonamides is 1. The highest BCUT2D eigenvalue weighted by atomic mass is 32.2. The van der Waals surface area contributed by atoms with Gasteiger partial charge in [-0.25, -0.2) is 8.42 Å². The number of ketones is 1. The summed E-state index contributed by atoms with van der Waals surface area (Å²) in [4.78, 5) is 11.4. The van der Waals surface area contributed by atoms with Gasteiger partial charge < -0.3 is 5.11 Å². The van der Waals surface area contributed by atoms with E-state index in [1.807, 2.05) is 0 Å². The molecule has 1 aromatic carbocycles. The number of aliphatic hydroxyl groups is 1. The van der Waals surface area contributed by atoms with Gasteiger partial charge in [-0.3, -0.25) is 4.79 Å². The molecule has 0 aromatic heterocycles. The number of rotatable bonds is 4. The van der Waals surface area contributed by atoms with Crippen LogP contribution in [0, 0.1) is 0 Å². The lowest BCUT2D eigenvalue weighted by atomic mass is 10.2. The fraction of sp³-hybridized carbons (Fsp3) is 0.462. The molecule has 0 unspecified atom stereocenters. The second-order valence-electron chi connectivity index (χ2n) is 4.68. The summed E-state index contributed by atoms with van der Waals surface area (Å²) < 4.78 is 26.3. The average Bonchev–Trinajstić information content (AvgIpc) is 2.88. The van der Waals surface area contributed by atoms with Crippen LogP contribution in [0.3, 0.4) is 0 Å². The minimum absolute atomic E-state index is 0.112. The number of hydrogen-bond donors (Lipinski definition) is 1. The maximum absolute atomic E-state index is 12.5. The van der Waals surface area contributed by atoms with Crippen molar-refractivity contribution < 1.29 is 18.3 Å². The van der Waals surface area contributed by atoms with Crippen LogP contribution in [0.15, 0.2) is 29.2 Å². The molecule has 2 rings (SSSR count). The van der Waals surface area contributed by atoms with Gasteiger partial charge in [0.2, 0.25) is 10.0 Å². The molecule has 0 spiro atoms. The van der Waals surface area contributed by atoms with Crippen LogP contribution in [0.25, 0.3) is 0 Å². The third-order valence-corrected chi connectivity index (χ3v) is 5.33. The Hall–Kier alpha value is -1.24. The third-order valence-electron chi connectivity index (χ3n) is 3.38. The maximum Gasteiger partial charge on any atom is 0.243 e. The summed E-state index contributed by atoms with van der Waals surface area (Å²) in [6, 6.07) is 5.67. The number of Topliss-reactive ketones (excluding diaryl/α,β-unsaturated/α-hetero) is 1. The fourth-order valence-corrected chi connectivity index (χ4v) is 4.05. The molecule has 1 N–H and O–H groups in total. The third kappa shape index (κ3) is 2.70. The molecule has 1 atom stereocenters. The summed E-state index contributed by atoms with van der Waals surface area (Å²) >= 11 is 0. The van der Waals surface area contributed by atoms with Crippen molar-refractivity contribution in [3.63, 3.8) is 0 Å². The minimum atomic E-state index is -3.63. The van der Waals surface area contributed by atoms with E-state index in [2.05, 4.69) is 0 Å². The standard InChI is InChI=1S/C13H17NO4S/c1-10(16)11-4-2-6-13(8-11)19(17,18)14-7-3-5-12(14)9-15/h2,4,6,8,12,15H,3,5,7,9H2,1H3/t12-/m1/s1. The van der Waals surface area contributed by atoms with E-state index < -0.39 is 10.0 Å². The normalized spacial score (nSPS) is 20.6. The highest BCUT2D eigenvalue weighted by Crippen LogP contribution is 2.26. The monoisotopic (exact) mass is 283 g/mol. The molecule has 0 amide bonds. The topological polar surface area (TPSA) is 74.7 Å². The fourth-order valence-electron chi connectivity index (χ4n) is 2.32. The van der Waals surface area contributed by atoms with Gasteiger partial charge in [0.05, 0.1) is 11.5 Å². The molecule has 19 heavy (non-hydrogen) atoms. The van der Waals surface area contributed by atoms with E-state index in [4.69, 9.17) is 0 Å². The zero-order valence-electron chi connectivity index (χ0n) is 10.7. The van der Waals surface area contributed by atoms with E-state index in [9.17, 15) is 18.3 Å². The molecule has 0 saturated carbocycles. The Balaban J connectivity index is 2.39. The lowest BCUT2D eigenvalue weighted by molar-refractivity contribution is 0.101. The Morgan fingerprint density at radius 1 is 1.47 bits per heavy atom. The summed E-state index contributed by atoms with van der Waals surface area (Å²) in [5.41, 5.74) is 0.376. The predicted molar refractivity (Wildman–Crippen MR) is 70.4 cm³/mol. The van der Waals surface area contributed by atoms with Crippen LogP contribution in [-0.2, 0) is 10.0 Å². The Morgan fingerprint density at radius 2 is 2.21 bits per heavy atom. The molecule has 104 valence electrons. The summed E-state index contributed by atoms with van der Waals surface area (Å²) in [6.45, 7) is 1.64. The Bertz CT molecular complexity index is 582. The first-order valence-electron chi connectivity index (χ1n) is 6.20. The molecule has 0 radical (unpaired) electrons. The van der Waals surface area contributed by atoms with Gasteiger partial charge in [0.1, 0.15) is 0 Å². The Morgan fingerprint density at radius 3 is 2.84 bits per heavy atom. The lowest BCUT2D eigenvalue weighted by Gasteiger charge is -2.22. The summed E-state index contributed by atoms with van der Waals surface area (Å²) in [7, 11) is -3.63. The number of carbonyl (C=O) groups is 1. The zero-order chi connectivity index (χ0) is 14.0. The number of nitrogens with zero attached hydrogens (tertiary/aromatic N) is 1. The van der Waals surface area contributed by atoms with E-state index in [1.165, 1.54) is 23.4 Å². The van der Waals surface area contributed by atoms with E-state index in [1.54, 1.807) is 12.1 Å². The van der Waals surface area contributed by atoms with Gasteiger partial charge in [-0.15, -0.1) is 0 Å². The molecule has 1 heterocycles. The largest absolute Gasteiger partial charge is 0.395 e. The molecule has 1 saturated heterocycles. The van der Waals surface area contributed by atoms with Gasteiger partial charge in [-0.1, -0.05) is 12.1 Å². The molecular formula is C13H17NO4S. The van der Waals surface area contributed by atoms with Crippen molar-refractivity contribution >= 4 is 15.8 Å². The lowest BCUT2D eigenvalue weighted by Crippen LogP contribution is -2.37. The van der Waals surface area contributed by atoms with Crippen LogP contribution in [0.2, 0.25) is 0 Å². The maximum atomic E-state index is 12.5. The number of carbonyl (C=O) groups excluding carboxylic acids is 1. The first-order chi connectivity index (χ1) is 8.96. The van der Waals surface area contributed by atoms with E-state index in [-0.39, 0.29) is 23.3 Å². The van der Waals surface area contributed by atoms with Crippen LogP contribution in [0.5, 0.6) is 0 Å². The molecule has 0 bridgehead atoms. The SMILES string of the molecule is CC(=O)c1cccc(S(=O)(=O)N2CCC[C@@H]2CO)c1. The van der Waals surface area contributed by atoms with Crippen LogP contribution in [-0.4, -0.2) is 42.8 Å². The smallest absolute Gasteiger partial charge is 0.243 e. The van der Waals surface area contributed by atoms with Crippen molar-refractivity contribution in [3.8, 4) is 0 Å². The first-order valence-corrected chi connectivity index (χ1v) is 7.64. The highest BCUT2D eigenvalue weighted by molar-refractivity contribution is 7.89. The van der Waals surface area contributed by atoms with Crippen LogP contribution >= 0.6 is 0 Å². The van der Waals surface area contributed by atoms with Crippen molar-refractivity contribution in [3.05, 3.63) is 29.8 Å². The van der Waals surface area contributed by atoms with Crippen LogP contribution < -0.4 is 0 Å². The van der Waals surface area contributed by atoms with Crippen LogP contribution in [0.4, 0.5) is 0 Å². The van der Waals surface area contributed by atoms with Gasteiger partial charge >= 0.3 is 0 Å². The van der Waals surface area contributed by atoms with Gasteiger partial charge in [-0.05, 0) is 31.9 Å². The Kier molecular flexibility index (Phi) is 4.03. The van der Waals surface area contributed by atoms with Crippen molar-refractivity contribution in [1.82, 2.24) is 4.31 Å². The van der Waals surface area contributed by atoms with Gasteiger partial charge in [-0.2, -0.15) is 4.31 Å². The van der Waals surface area contributed by atoms with E-state index >= 15 is 0 Å². The van der Waals surface area contributed by atoms with Gasteiger partial charge in [0, 0.05) is 18.2 Å². The zero-order valence-corrected chi connectivity index (χ0v) is 11.6. The van der Waals surface area contributed by atoms with E-state index in [0.717, 1.165) is 6.42 Å². The van der Waals surface area contributed by atoms with Crippen molar-refractivity contribution in [2.24, 2.45) is 0 Å². The Labute approximate surface area is 112 Å². The number of benzene rings is 1. The van der Waals surface area contributed by atoms with E-state index in [0.29, 0.717) is 18.5 Å². The molecule has 1 aliphatic heterocycles. The van der Waals surface area contributed by atoms with Gasteiger partial charge in [0.15, 0.2) is 5.78 Å². The van der Waals surface area contributed by atoms with Crippen molar-refractivity contribution in [2.45, 2.75) is 30.7 Å². The second-order valence-corrected chi connectivity index (χ2v) is 6.57. The average molecular weight is 283 g/mol. The molecule has 1 aliphatic rings. The molecule has 6 heteroatoms. The molecular weight excluding hydrogens is 266 g/mol. The summed E-state index contributed by atoms with van der Waals surface area (Å²) in [5, 5.41) is 9.23. The minimum Gasteiger partial charge on any atom is -0.395 e. The molecule has 1 aromatic rings. The molecule has 1 fully saturated rings. The van der Waals surface area contributed by atoms with Crippen LogP contribution in [0.1, 0.15) is 30.1 Å². The van der Waals surface area contributed by atoms with Crippen molar-refractivity contribution in [2.75, 3.05) is 13.2 Å². The molecule has 5 nitrogen and oxygen atoms in total. The predicted octanol–water partition coefficient (Wildman–Crippen LogP) is 1.03. The number of hydrogen-bond acceptors (Lipinski definition) is 4. The second kappa shape index (κ2) is 5.40. The van der Waals surface area contributed by atoms with Gasteiger partial charge in [0.25, 0.3) is 0 Å². The highest BCUT2D eigenvalue weighted by Gasteiger charge is 2.34. The quantitative estimate of drug-likeness (QED) is 0.838. The summed E-state index contributed by atoms with van der Waals surface area (Å²) in [6.07, 6.45) is 1.42. The molecule has 0 aliphatic carbocycles. The number of aliphatic hydroxyl groups excluding tert-OH is 1. The summed E-state index contributed by atoms with van der Waals surface area (Å²) in [5.74, 6) is -0.169. The van der Waals surface area contributed by atoms with Crippen molar-refractivity contribution in [1.29, 1.82) is 0 Å².